The van der Waals surface area contributed by atoms with Gasteiger partial charge in [-0.2, -0.15) is 0 Å². The van der Waals surface area contributed by atoms with E-state index in [2.05, 4.69) is 5.32 Å². The average molecular weight is 292 g/mol. The van der Waals surface area contributed by atoms with Gasteiger partial charge in [0.1, 0.15) is 0 Å². The van der Waals surface area contributed by atoms with E-state index in [1.807, 2.05) is 6.92 Å². The first-order valence-corrected chi connectivity index (χ1v) is 7.02. The number of amides is 2. The minimum atomic E-state index is -3.83. The second-order valence-corrected chi connectivity index (χ2v) is 5.60. The van der Waals surface area contributed by atoms with Crippen LogP contribution in [0.25, 0.3) is 0 Å². The van der Waals surface area contributed by atoms with E-state index in [-0.39, 0.29) is 21.6 Å². The van der Waals surface area contributed by atoms with Crippen LogP contribution >= 0.6 is 11.6 Å². The van der Waals surface area contributed by atoms with Crippen LogP contribution in [0.4, 0.5) is 10.5 Å². The number of nitrogens with two attached hydrogens (primary N) is 1. The molecular weight excluding hydrogens is 278 g/mol. The number of halogens is 1. The summed E-state index contributed by atoms with van der Waals surface area (Å²) in [4.78, 5) is 12.9. The minimum absolute atomic E-state index is 0.110. The van der Waals surface area contributed by atoms with E-state index in [4.69, 9.17) is 16.7 Å². The zero-order chi connectivity index (χ0) is 13.9. The third-order valence-corrected chi connectivity index (χ3v) is 3.57. The molecule has 0 saturated heterocycles. The minimum Gasteiger partial charge on any atom is -0.328 e. The van der Waals surface area contributed by atoms with Crippen LogP contribution in [0, 0.1) is 0 Å². The number of nitrogens with zero attached hydrogens (tertiary/aromatic N) is 1. The number of benzene rings is 1. The highest BCUT2D eigenvalue weighted by Crippen LogP contribution is 2.24. The summed E-state index contributed by atoms with van der Waals surface area (Å²) in [5, 5.41) is 7.74. The lowest BCUT2D eigenvalue weighted by atomic mass is 10.3. The Bertz CT molecular complexity index is 559. The normalized spacial score (nSPS) is 11.1. The van der Waals surface area contributed by atoms with Crippen molar-refractivity contribution in [2.75, 3.05) is 18.9 Å². The molecule has 0 bridgehead atoms. The number of carbonyl (C=O) groups is 1. The van der Waals surface area contributed by atoms with Gasteiger partial charge in [0, 0.05) is 13.6 Å². The fraction of sp³-hybridized carbons (Fsp3) is 0.300. The summed E-state index contributed by atoms with van der Waals surface area (Å²) in [6.45, 7) is 2.32. The Morgan fingerprint density at radius 2 is 2.11 bits per heavy atom. The summed E-state index contributed by atoms with van der Waals surface area (Å²) in [6, 6.07) is 3.48. The standard InChI is InChI=1S/C10H14ClN3O3S/c1-3-14(2)10(15)13-9-6-7(18(12,16)17)4-5-8(9)11/h4-6H,3H2,1-2H3,(H,13,15)(H2,12,16,17). The van der Waals surface area contributed by atoms with Gasteiger partial charge in [-0.25, -0.2) is 18.4 Å². The highest BCUT2D eigenvalue weighted by molar-refractivity contribution is 7.89. The Kier molecular flexibility index (Phi) is 4.55. The maximum Gasteiger partial charge on any atom is 0.321 e. The molecule has 100 valence electrons. The number of nitrogens with one attached hydrogen (secondary N) is 1. The quantitative estimate of drug-likeness (QED) is 0.883. The maximum absolute atomic E-state index is 11.6. The summed E-state index contributed by atoms with van der Waals surface area (Å²) < 4.78 is 22.4. The Balaban J connectivity index is 3.06. The van der Waals surface area contributed by atoms with E-state index in [1.165, 1.54) is 23.1 Å². The molecule has 2 amide bonds. The van der Waals surface area contributed by atoms with Crippen molar-refractivity contribution < 1.29 is 13.2 Å². The van der Waals surface area contributed by atoms with Gasteiger partial charge in [-0.3, -0.25) is 0 Å². The number of hydrogen-bond donors (Lipinski definition) is 2. The lowest BCUT2D eigenvalue weighted by molar-refractivity contribution is 0.224. The summed E-state index contributed by atoms with van der Waals surface area (Å²) in [5.74, 6) is 0. The van der Waals surface area contributed by atoms with Crippen LogP contribution in [-0.2, 0) is 10.0 Å². The van der Waals surface area contributed by atoms with Crippen LogP contribution in [0.5, 0.6) is 0 Å². The van der Waals surface area contributed by atoms with E-state index in [1.54, 1.807) is 7.05 Å². The Morgan fingerprint density at radius 3 is 2.61 bits per heavy atom. The molecule has 3 N–H and O–H groups in total. The van der Waals surface area contributed by atoms with E-state index in [0.29, 0.717) is 6.54 Å². The predicted octanol–water partition coefficient (Wildman–Crippen LogP) is 1.47. The Morgan fingerprint density at radius 1 is 1.50 bits per heavy atom. The molecule has 0 aliphatic carbocycles. The van der Waals surface area contributed by atoms with Crippen molar-refractivity contribution in [3.05, 3.63) is 23.2 Å². The molecule has 18 heavy (non-hydrogen) atoms. The van der Waals surface area contributed by atoms with E-state index >= 15 is 0 Å². The van der Waals surface area contributed by atoms with Crippen molar-refractivity contribution >= 4 is 33.3 Å². The van der Waals surface area contributed by atoms with E-state index in [9.17, 15) is 13.2 Å². The second kappa shape index (κ2) is 5.55. The molecule has 0 heterocycles. The van der Waals surface area contributed by atoms with Crippen molar-refractivity contribution in [3.8, 4) is 0 Å². The SMILES string of the molecule is CCN(C)C(=O)Nc1cc(S(N)(=O)=O)ccc1Cl. The highest BCUT2D eigenvalue weighted by atomic mass is 35.5. The fourth-order valence-electron chi connectivity index (χ4n) is 1.13. The summed E-state index contributed by atoms with van der Waals surface area (Å²) in [5.41, 5.74) is 0.202. The van der Waals surface area contributed by atoms with Crippen LogP contribution < -0.4 is 10.5 Å². The first kappa shape index (κ1) is 14.7. The van der Waals surface area contributed by atoms with Crippen molar-refractivity contribution in [2.24, 2.45) is 5.14 Å². The van der Waals surface area contributed by atoms with Gasteiger partial charge in [-0.05, 0) is 25.1 Å². The molecular formula is C10H14ClN3O3S. The first-order chi connectivity index (χ1) is 8.25. The molecule has 0 atom stereocenters. The van der Waals surface area contributed by atoms with Gasteiger partial charge in [-0.1, -0.05) is 11.6 Å². The Hall–Kier alpha value is -1.31. The summed E-state index contributed by atoms with van der Waals surface area (Å²) >= 11 is 5.87. The third kappa shape index (κ3) is 3.59. The molecule has 6 nitrogen and oxygen atoms in total. The third-order valence-electron chi connectivity index (χ3n) is 2.33. The van der Waals surface area contributed by atoms with Crippen LogP contribution in [0.1, 0.15) is 6.92 Å². The van der Waals surface area contributed by atoms with Crippen molar-refractivity contribution in [3.63, 3.8) is 0 Å². The molecule has 1 aromatic rings. The molecule has 0 radical (unpaired) electrons. The van der Waals surface area contributed by atoms with E-state index < -0.39 is 10.0 Å². The number of urea groups is 1. The van der Waals surface area contributed by atoms with Gasteiger partial charge in [0.05, 0.1) is 15.6 Å². The molecule has 0 aliphatic rings. The number of carbonyl (C=O) groups excluding carboxylic acids is 1. The van der Waals surface area contributed by atoms with Crippen LogP contribution in [0.15, 0.2) is 23.1 Å². The lowest BCUT2D eigenvalue weighted by Crippen LogP contribution is -2.31. The van der Waals surface area contributed by atoms with E-state index in [0.717, 1.165) is 0 Å². The molecule has 1 rings (SSSR count). The topological polar surface area (TPSA) is 92.5 Å². The molecule has 0 aromatic heterocycles. The molecule has 0 saturated carbocycles. The number of anilines is 1. The molecule has 0 unspecified atom stereocenters. The molecule has 0 aliphatic heterocycles. The number of hydrogen-bond acceptors (Lipinski definition) is 3. The zero-order valence-corrected chi connectivity index (χ0v) is 11.5. The van der Waals surface area contributed by atoms with Crippen molar-refractivity contribution in [1.82, 2.24) is 4.90 Å². The van der Waals surface area contributed by atoms with Gasteiger partial charge in [0.25, 0.3) is 0 Å². The van der Waals surface area contributed by atoms with Crippen molar-refractivity contribution in [2.45, 2.75) is 11.8 Å². The van der Waals surface area contributed by atoms with Gasteiger partial charge in [-0.15, -0.1) is 0 Å². The second-order valence-electron chi connectivity index (χ2n) is 3.63. The smallest absolute Gasteiger partial charge is 0.321 e. The largest absolute Gasteiger partial charge is 0.328 e. The predicted molar refractivity (Wildman–Crippen MR) is 70.1 cm³/mol. The first-order valence-electron chi connectivity index (χ1n) is 5.10. The number of sulfonamides is 1. The number of rotatable bonds is 3. The monoisotopic (exact) mass is 291 g/mol. The van der Waals surface area contributed by atoms with Gasteiger partial charge >= 0.3 is 6.03 Å². The fourth-order valence-corrected chi connectivity index (χ4v) is 1.84. The van der Waals surface area contributed by atoms with Crippen molar-refractivity contribution in [1.29, 1.82) is 0 Å². The number of primary sulfonamides is 1. The van der Waals surface area contributed by atoms with Gasteiger partial charge < -0.3 is 10.2 Å². The Labute approximate surface area is 111 Å². The maximum atomic E-state index is 11.6. The average Bonchev–Trinajstić information content (AvgIpc) is 2.29. The van der Waals surface area contributed by atoms with Gasteiger partial charge in [0.15, 0.2) is 0 Å². The molecule has 1 aromatic carbocycles. The summed E-state index contributed by atoms with van der Waals surface area (Å²) in [6.07, 6.45) is 0. The highest BCUT2D eigenvalue weighted by Gasteiger charge is 2.13. The van der Waals surface area contributed by atoms with Gasteiger partial charge in [0.2, 0.25) is 10.0 Å². The van der Waals surface area contributed by atoms with Crippen LogP contribution in [0.3, 0.4) is 0 Å². The lowest BCUT2D eigenvalue weighted by Gasteiger charge is -2.16. The molecule has 0 spiro atoms. The van der Waals surface area contributed by atoms with Crippen LogP contribution in [0.2, 0.25) is 5.02 Å². The summed E-state index contributed by atoms with van der Waals surface area (Å²) in [7, 11) is -2.22. The van der Waals surface area contributed by atoms with Crippen LogP contribution in [-0.4, -0.2) is 32.9 Å². The molecule has 8 heteroatoms. The molecule has 0 fully saturated rings. The zero-order valence-electron chi connectivity index (χ0n) is 9.97.